The molecular weight excluding hydrogens is 606 g/mol. The molecule has 0 radical (unpaired) electrons. The van der Waals surface area contributed by atoms with Gasteiger partial charge in [0.05, 0.1) is 21.5 Å². The molecule has 2 rings (SSSR count). The molecule has 1 saturated heterocycles. The van der Waals surface area contributed by atoms with Gasteiger partial charge >= 0.3 is 5.97 Å². The Morgan fingerprint density at radius 2 is 1.87 bits per heavy atom. The van der Waals surface area contributed by atoms with E-state index in [1.165, 1.54) is 36.4 Å². The molecule has 1 heterocycles. The Labute approximate surface area is 195 Å². The van der Waals surface area contributed by atoms with Gasteiger partial charge in [0.15, 0.2) is 11.9 Å². The highest BCUT2D eigenvalue weighted by molar-refractivity contribution is 14.1. The van der Waals surface area contributed by atoms with Gasteiger partial charge in [-0.05, 0) is 52.4 Å². The fourth-order valence-corrected chi connectivity index (χ4v) is 3.60. The number of hydrogen-bond donors (Lipinski definition) is 0. The Morgan fingerprint density at radius 1 is 1.32 bits per heavy atom. The number of carbonyl (C=O) groups excluding carboxylic acids is 2. The van der Waals surface area contributed by atoms with Gasteiger partial charge in [-0.1, -0.05) is 0 Å². The molecule has 0 saturated carbocycles. The number of esters is 1. The van der Waals surface area contributed by atoms with E-state index in [0.717, 1.165) is 12.1 Å². The van der Waals surface area contributed by atoms with Crippen molar-refractivity contribution < 1.29 is 42.8 Å². The molecule has 170 valence electrons. The van der Waals surface area contributed by atoms with E-state index in [0.29, 0.717) is 6.07 Å². The third kappa shape index (κ3) is 6.50. The Morgan fingerprint density at radius 3 is 2.32 bits per heavy atom. The fourth-order valence-electron chi connectivity index (χ4n) is 2.76. The lowest BCUT2D eigenvalue weighted by atomic mass is 10.1. The molecule has 1 aliphatic rings. The molecule has 4 atom stereocenters. The van der Waals surface area contributed by atoms with E-state index in [-0.39, 0.29) is 6.47 Å². The van der Waals surface area contributed by atoms with Crippen LogP contribution in [0.3, 0.4) is 0 Å². The second-order valence-corrected chi connectivity index (χ2v) is 10.9. The van der Waals surface area contributed by atoms with Crippen LogP contribution in [0.2, 0.25) is 0 Å². The number of halogens is 3. The van der Waals surface area contributed by atoms with Crippen LogP contribution in [-0.2, 0) is 23.7 Å². The topological polar surface area (TPSA) is 157 Å². The molecule has 0 aromatic heterocycles. The lowest BCUT2D eigenvalue weighted by molar-refractivity contribution is -0.394. The maximum Gasteiger partial charge on any atom is 0.338 e. The standard InChI is InChI=1S/C16H15BrFIN2O10/c1-15(2)30-12(13(31-15)16(17,18)19)11(29-7-22)6-28-14(23)8-3-9(20(24)25)5-10(4-8)21(26)27/h3-5,7,11-13H,6H2,1-2H3/t11-,12+,13+,16-/m1/s1. The smallest absolute Gasteiger partial charge is 0.338 e. The number of hydrogen-bond acceptors (Lipinski definition) is 10. The van der Waals surface area contributed by atoms with Crippen molar-refractivity contribution >= 4 is 62.3 Å². The molecule has 0 aliphatic carbocycles. The second kappa shape index (κ2) is 9.66. The highest BCUT2D eigenvalue weighted by Crippen LogP contribution is 2.44. The molecule has 1 aliphatic heterocycles. The molecule has 0 bridgehead atoms. The SMILES string of the molecule is CC1(C)O[C@@H]([C@@H](COC(=O)c2cc([N+](=O)[O-])cc([N+](=O)[O-])c2)OC=O)[C@@H]([C@](F)(Br)I)O1. The van der Waals surface area contributed by atoms with Crippen LogP contribution >= 0.6 is 38.5 Å². The molecule has 0 amide bonds. The van der Waals surface area contributed by atoms with Crippen LogP contribution in [0.1, 0.15) is 24.2 Å². The van der Waals surface area contributed by atoms with E-state index in [4.69, 9.17) is 18.9 Å². The number of nitro benzene ring substituents is 2. The average Bonchev–Trinajstić information content (AvgIpc) is 3.00. The van der Waals surface area contributed by atoms with Gasteiger partial charge in [-0.2, -0.15) is 0 Å². The van der Waals surface area contributed by atoms with E-state index in [2.05, 4.69) is 15.9 Å². The largest absolute Gasteiger partial charge is 0.458 e. The van der Waals surface area contributed by atoms with Crippen molar-refractivity contribution in [1.82, 2.24) is 0 Å². The third-order valence-corrected chi connectivity index (χ3v) is 5.05. The first-order valence-corrected chi connectivity index (χ1v) is 10.2. The van der Waals surface area contributed by atoms with Crippen LogP contribution in [-0.4, -0.2) is 55.6 Å². The molecule has 0 unspecified atom stereocenters. The van der Waals surface area contributed by atoms with Crippen molar-refractivity contribution in [1.29, 1.82) is 0 Å². The van der Waals surface area contributed by atoms with Gasteiger partial charge in [-0.15, -0.1) is 0 Å². The maximum absolute atomic E-state index is 14.5. The summed E-state index contributed by atoms with van der Waals surface area (Å²) in [5, 5.41) is 21.9. The van der Waals surface area contributed by atoms with E-state index in [1.54, 1.807) is 0 Å². The highest BCUT2D eigenvalue weighted by Gasteiger charge is 2.55. The van der Waals surface area contributed by atoms with Gasteiger partial charge in [0.2, 0.25) is 2.58 Å². The van der Waals surface area contributed by atoms with Crippen molar-refractivity contribution in [2.24, 2.45) is 0 Å². The number of carbonyl (C=O) groups is 2. The number of nitro groups is 2. The summed E-state index contributed by atoms with van der Waals surface area (Å²) in [7, 11) is 0. The maximum atomic E-state index is 14.5. The van der Waals surface area contributed by atoms with E-state index in [9.17, 15) is 34.2 Å². The molecule has 12 nitrogen and oxygen atoms in total. The monoisotopic (exact) mass is 620 g/mol. The van der Waals surface area contributed by atoms with Crippen molar-refractivity contribution in [3.05, 3.63) is 44.0 Å². The van der Waals surface area contributed by atoms with Gasteiger partial charge in [0.25, 0.3) is 17.8 Å². The number of benzene rings is 1. The summed E-state index contributed by atoms with van der Waals surface area (Å²) >= 11 is 4.22. The molecule has 0 N–H and O–H groups in total. The molecule has 1 fully saturated rings. The molecule has 31 heavy (non-hydrogen) atoms. The minimum absolute atomic E-state index is 0.0454. The predicted octanol–water partition coefficient (Wildman–Crippen LogP) is 3.17. The van der Waals surface area contributed by atoms with Crippen molar-refractivity contribution in [2.75, 3.05) is 6.61 Å². The molecule has 1 aromatic rings. The Balaban J connectivity index is 2.24. The quantitative estimate of drug-likeness (QED) is 0.100. The van der Waals surface area contributed by atoms with Crippen LogP contribution < -0.4 is 0 Å². The van der Waals surface area contributed by atoms with Crippen molar-refractivity contribution in [3.63, 3.8) is 0 Å². The third-order valence-electron chi connectivity index (χ3n) is 3.99. The van der Waals surface area contributed by atoms with Crippen molar-refractivity contribution in [2.45, 2.75) is 40.5 Å². The van der Waals surface area contributed by atoms with Gasteiger partial charge in [-0.25, -0.2) is 9.18 Å². The second-order valence-electron chi connectivity index (χ2n) is 6.68. The molecule has 0 spiro atoms. The average molecular weight is 621 g/mol. The zero-order chi connectivity index (χ0) is 23.6. The Hall–Kier alpha value is -1.98. The van der Waals surface area contributed by atoms with Gasteiger partial charge in [0.1, 0.15) is 18.8 Å². The van der Waals surface area contributed by atoms with Crippen LogP contribution in [0.4, 0.5) is 15.8 Å². The number of ether oxygens (including phenoxy) is 4. The van der Waals surface area contributed by atoms with E-state index in [1.807, 2.05) is 0 Å². The summed E-state index contributed by atoms with van der Waals surface area (Å²) in [5.41, 5.74) is -1.86. The van der Waals surface area contributed by atoms with Crippen LogP contribution in [0.15, 0.2) is 18.2 Å². The van der Waals surface area contributed by atoms with Gasteiger partial charge < -0.3 is 18.9 Å². The zero-order valence-corrected chi connectivity index (χ0v) is 19.6. The Kier molecular flexibility index (Phi) is 7.88. The summed E-state index contributed by atoms with van der Waals surface area (Å²) < 4.78 is 33.4. The van der Waals surface area contributed by atoms with E-state index >= 15 is 0 Å². The van der Waals surface area contributed by atoms with Gasteiger partial charge in [0, 0.05) is 12.1 Å². The summed E-state index contributed by atoms with van der Waals surface area (Å²) in [4.78, 5) is 43.4. The lowest BCUT2D eigenvalue weighted by Crippen LogP contribution is -2.46. The lowest BCUT2D eigenvalue weighted by Gasteiger charge is -2.27. The van der Waals surface area contributed by atoms with Gasteiger partial charge in [-0.3, -0.25) is 25.0 Å². The summed E-state index contributed by atoms with van der Waals surface area (Å²) in [6.45, 7) is 2.40. The number of alkyl halides is 3. The number of non-ortho nitro benzene ring substituents is 2. The summed E-state index contributed by atoms with van der Waals surface area (Å²) in [6, 6.07) is 2.27. The van der Waals surface area contributed by atoms with Crippen LogP contribution in [0.5, 0.6) is 0 Å². The minimum Gasteiger partial charge on any atom is -0.458 e. The van der Waals surface area contributed by atoms with Crippen LogP contribution in [0, 0.1) is 20.2 Å². The molecule has 1 aromatic carbocycles. The zero-order valence-electron chi connectivity index (χ0n) is 15.9. The summed E-state index contributed by atoms with van der Waals surface area (Å²) in [5.74, 6) is -2.42. The first-order valence-electron chi connectivity index (χ1n) is 8.37. The first kappa shape index (κ1) is 25.3. The highest BCUT2D eigenvalue weighted by atomic mass is 127. The van der Waals surface area contributed by atoms with Crippen LogP contribution in [0.25, 0.3) is 0 Å². The predicted molar refractivity (Wildman–Crippen MR) is 112 cm³/mol. The van der Waals surface area contributed by atoms with E-state index < -0.39 is 66.0 Å². The summed E-state index contributed by atoms with van der Waals surface area (Å²) in [6.07, 6.45) is -3.79. The Bertz CT molecular complexity index is 861. The normalized spacial score (nSPS) is 22.7. The number of nitrogens with zero attached hydrogens (tertiary/aromatic N) is 2. The molecule has 15 heteroatoms. The molecular formula is C16H15BrFIN2O10. The van der Waals surface area contributed by atoms with Crippen molar-refractivity contribution in [3.8, 4) is 0 Å². The first-order chi connectivity index (χ1) is 14.2. The number of rotatable bonds is 9. The fraction of sp³-hybridized carbons (Fsp3) is 0.500. The minimum atomic E-state index is -2.13.